The molecule has 1 atom stereocenters. The lowest BCUT2D eigenvalue weighted by atomic mass is 10.9. The lowest BCUT2D eigenvalue weighted by molar-refractivity contribution is -0.222. The summed E-state index contributed by atoms with van der Waals surface area (Å²) in [6.07, 6.45) is 5.82. The minimum absolute atomic E-state index is 0.120. The highest BCUT2D eigenvalue weighted by Crippen LogP contribution is 2.57. The van der Waals surface area contributed by atoms with Gasteiger partial charge in [-0.25, -0.2) is 0 Å². The average Bonchev–Trinajstić information content (AvgIpc) is 2.34. The van der Waals surface area contributed by atoms with E-state index >= 15 is 0 Å². The van der Waals surface area contributed by atoms with Crippen molar-refractivity contribution in [1.82, 2.24) is 0 Å². The molecule has 6 heteroatoms. The summed E-state index contributed by atoms with van der Waals surface area (Å²) in [5.74, 6) is 0. The molecule has 0 amide bonds. The number of hydrogen-bond donors (Lipinski definition) is 0. The fourth-order valence-electron chi connectivity index (χ4n) is 1.55. The topological polar surface area (TPSA) is 58.6 Å². The molecule has 17 heavy (non-hydrogen) atoms. The first-order chi connectivity index (χ1) is 7.86. The van der Waals surface area contributed by atoms with Gasteiger partial charge in [-0.15, -0.1) is 0 Å². The Hall–Kier alpha value is 0.540. The molecule has 0 bridgehead atoms. The Morgan fingerprint density at radius 3 is 1.41 bits per heavy atom. The van der Waals surface area contributed by atoms with Crippen LogP contribution in [0.1, 0.15) is 34.6 Å². The first kappa shape index (κ1) is 19.9. The van der Waals surface area contributed by atoms with E-state index in [1.54, 1.807) is 6.92 Å². The lowest BCUT2D eigenvalue weighted by Gasteiger charge is -2.20. The van der Waals surface area contributed by atoms with E-state index in [1.807, 2.05) is 0 Å². The van der Waals surface area contributed by atoms with Gasteiger partial charge in [0.1, 0.15) is 0 Å². The summed E-state index contributed by atoms with van der Waals surface area (Å²) in [5.41, 5.74) is 0. The van der Waals surface area contributed by atoms with Gasteiger partial charge in [0.25, 0.3) is 7.82 Å². The van der Waals surface area contributed by atoms with Crippen LogP contribution in [0.15, 0.2) is 0 Å². The number of phosphoric acid groups is 1. The maximum Gasteiger partial charge on any atom is 0.267 e. The van der Waals surface area contributed by atoms with Crippen molar-refractivity contribution in [2.45, 2.75) is 34.6 Å². The van der Waals surface area contributed by atoms with Crippen LogP contribution < -0.4 is 4.89 Å². The molecule has 0 spiro atoms. The molecule has 0 aliphatic carbocycles. The molecule has 0 aliphatic heterocycles. The molecule has 0 fully saturated rings. The highest BCUT2D eigenvalue weighted by Gasteiger charge is 2.27. The molecule has 4 nitrogen and oxygen atoms in total. The van der Waals surface area contributed by atoms with Gasteiger partial charge in [0, 0.05) is 14.4 Å². The Kier molecular flexibility index (Phi) is 12.2. The van der Waals surface area contributed by atoms with Crippen molar-refractivity contribution in [2.24, 2.45) is 0 Å². The van der Waals surface area contributed by atoms with E-state index in [4.69, 9.17) is 0 Å². The molecule has 0 saturated heterocycles. The first-order valence-electron chi connectivity index (χ1n) is 6.23. The van der Waals surface area contributed by atoms with Crippen molar-refractivity contribution in [1.29, 1.82) is 0 Å². The monoisotopic (exact) mass is 286 g/mol. The third kappa shape index (κ3) is 9.16. The van der Waals surface area contributed by atoms with E-state index in [2.05, 4.69) is 36.7 Å². The predicted molar refractivity (Wildman–Crippen MR) is 75.3 cm³/mol. The molecule has 0 aromatic heterocycles. The Balaban J connectivity index is 0. The summed E-state index contributed by atoms with van der Waals surface area (Å²) < 4.78 is 18.3. The van der Waals surface area contributed by atoms with Crippen molar-refractivity contribution < 1.29 is 18.5 Å². The quantitative estimate of drug-likeness (QED) is 0.674. The van der Waals surface area contributed by atoms with Gasteiger partial charge in [-0.05, 0) is 34.6 Å². The number of hydrogen-bond acceptors (Lipinski definition) is 4. The minimum Gasteiger partial charge on any atom is -0.756 e. The zero-order valence-corrected chi connectivity index (χ0v) is 13.9. The molecule has 0 rings (SSSR count). The van der Waals surface area contributed by atoms with Crippen LogP contribution in [0.25, 0.3) is 0 Å². The van der Waals surface area contributed by atoms with Gasteiger partial charge < -0.3 is 13.9 Å². The third-order valence-corrected chi connectivity index (χ3v) is 9.58. The Morgan fingerprint density at radius 1 is 1.00 bits per heavy atom. The molecule has 0 radical (unpaired) electrons. The van der Waals surface area contributed by atoms with Crippen LogP contribution in [0, 0.1) is 0 Å². The van der Waals surface area contributed by atoms with Crippen LogP contribution >= 0.6 is 15.1 Å². The van der Waals surface area contributed by atoms with Gasteiger partial charge in [-0.1, -0.05) is 0 Å². The van der Waals surface area contributed by atoms with Crippen molar-refractivity contribution in [3.8, 4) is 0 Å². The molecule has 0 aromatic carbocycles. The lowest BCUT2D eigenvalue weighted by Crippen LogP contribution is -2.05. The summed E-state index contributed by atoms with van der Waals surface area (Å²) in [4.78, 5) is 10.2. The second kappa shape index (κ2) is 10.5. The van der Waals surface area contributed by atoms with Gasteiger partial charge in [-0.3, -0.25) is 4.57 Å². The van der Waals surface area contributed by atoms with E-state index in [0.29, 0.717) is 0 Å². The standard InChI is InChI=1S/C8H20P.C3H9O4P/c1-5-9(6-2,7-3)8-4;1-3-7-8(4,5)6-2/h5-8H2,1-4H3;3H2,1-2H3,(H,4,5)/q+1;/p-1. The smallest absolute Gasteiger partial charge is 0.267 e. The zero-order valence-electron chi connectivity index (χ0n) is 12.1. The molecule has 1 unspecified atom stereocenters. The van der Waals surface area contributed by atoms with E-state index in [9.17, 15) is 9.46 Å². The van der Waals surface area contributed by atoms with Gasteiger partial charge in [0.15, 0.2) is 0 Å². The van der Waals surface area contributed by atoms with Gasteiger partial charge >= 0.3 is 0 Å². The maximum absolute atomic E-state index is 10.2. The number of phosphoric ester groups is 1. The van der Waals surface area contributed by atoms with E-state index < -0.39 is 15.1 Å². The van der Waals surface area contributed by atoms with Crippen molar-refractivity contribution >= 4 is 15.1 Å². The molecular formula is C11H28O4P2. The first-order valence-corrected chi connectivity index (χ1v) is 10.2. The van der Waals surface area contributed by atoms with Crippen LogP contribution in [0.3, 0.4) is 0 Å². The van der Waals surface area contributed by atoms with Crippen LogP contribution in [0.4, 0.5) is 0 Å². The summed E-state index contributed by atoms with van der Waals surface area (Å²) in [5, 5.41) is 0. The third-order valence-electron chi connectivity index (χ3n) is 3.19. The minimum atomic E-state index is -3.92. The average molecular weight is 286 g/mol. The van der Waals surface area contributed by atoms with Crippen LogP contribution in [-0.2, 0) is 13.6 Å². The molecule has 0 N–H and O–H groups in total. The predicted octanol–water partition coefficient (Wildman–Crippen LogP) is 3.22. The van der Waals surface area contributed by atoms with Crippen LogP contribution in [-0.4, -0.2) is 38.4 Å². The molecule has 0 saturated carbocycles. The van der Waals surface area contributed by atoms with Crippen molar-refractivity contribution in [2.75, 3.05) is 38.4 Å². The Bertz CT molecular complexity index is 200. The molecular weight excluding hydrogens is 258 g/mol. The van der Waals surface area contributed by atoms with E-state index in [1.165, 1.54) is 24.6 Å². The maximum atomic E-state index is 10.2. The second-order valence-corrected chi connectivity index (χ2v) is 10.4. The summed E-state index contributed by atoms with van der Waals surface area (Å²) in [7, 11) is -3.28. The van der Waals surface area contributed by atoms with Crippen LogP contribution in [0.5, 0.6) is 0 Å². The SMILES string of the molecule is CCOP(=O)([O-])OC.CC[P+](CC)(CC)CC. The van der Waals surface area contributed by atoms with Gasteiger partial charge in [0.2, 0.25) is 0 Å². The molecule has 0 heterocycles. The van der Waals surface area contributed by atoms with Crippen molar-refractivity contribution in [3.63, 3.8) is 0 Å². The molecule has 0 aliphatic rings. The summed E-state index contributed by atoms with van der Waals surface area (Å²) in [6, 6.07) is 0. The Morgan fingerprint density at radius 2 is 1.35 bits per heavy atom. The normalized spacial score (nSPS) is 14.8. The van der Waals surface area contributed by atoms with Gasteiger partial charge in [-0.2, -0.15) is 0 Å². The summed E-state index contributed by atoms with van der Waals surface area (Å²) >= 11 is 0. The highest BCUT2D eigenvalue weighted by atomic mass is 31.2. The van der Waals surface area contributed by atoms with Gasteiger partial charge in [0.05, 0.1) is 31.3 Å². The highest BCUT2D eigenvalue weighted by molar-refractivity contribution is 7.75. The van der Waals surface area contributed by atoms with E-state index in [-0.39, 0.29) is 6.61 Å². The second-order valence-electron chi connectivity index (χ2n) is 3.65. The summed E-state index contributed by atoms with van der Waals surface area (Å²) in [6.45, 7) is 11.1. The Labute approximate surface area is 107 Å². The van der Waals surface area contributed by atoms with Crippen molar-refractivity contribution in [3.05, 3.63) is 0 Å². The fraction of sp³-hybridized carbons (Fsp3) is 1.00. The molecule has 106 valence electrons. The molecule has 0 aromatic rings. The largest absolute Gasteiger partial charge is 0.756 e. The fourth-order valence-corrected chi connectivity index (χ4v) is 4.66. The zero-order chi connectivity index (χ0) is 13.9. The van der Waals surface area contributed by atoms with E-state index in [0.717, 1.165) is 7.11 Å². The van der Waals surface area contributed by atoms with Crippen LogP contribution in [0.2, 0.25) is 0 Å². The number of rotatable bonds is 7.